The first-order chi connectivity index (χ1) is 12.2. The van der Waals surface area contributed by atoms with E-state index in [1.807, 2.05) is 50.2 Å². The molecule has 0 bridgehead atoms. The summed E-state index contributed by atoms with van der Waals surface area (Å²) in [7, 11) is 0. The number of benzene rings is 2. The molecule has 0 aliphatic heterocycles. The molecule has 0 unspecified atom stereocenters. The zero-order valence-corrected chi connectivity index (χ0v) is 16.3. The van der Waals surface area contributed by atoms with Crippen molar-refractivity contribution in [2.45, 2.75) is 22.5 Å². The minimum Gasteiger partial charge on any atom is -0.494 e. The lowest BCUT2D eigenvalue weighted by molar-refractivity contribution is 0.340. The Morgan fingerprint density at radius 2 is 1.28 bits per heavy atom. The van der Waals surface area contributed by atoms with Crippen molar-refractivity contribution in [1.29, 1.82) is 0 Å². The summed E-state index contributed by atoms with van der Waals surface area (Å²) in [5.41, 5.74) is 1.99. The molecule has 2 aromatic carbocycles. The second kappa shape index (κ2) is 7.19. The van der Waals surface area contributed by atoms with E-state index >= 15 is 0 Å². The Morgan fingerprint density at radius 3 is 1.72 bits per heavy atom. The van der Waals surface area contributed by atoms with Gasteiger partial charge in [-0.2, -0.15) is 0 Å². The summed E-state index contributed by atoms with van der Waals surface area (Å²) < 4.78 is 15.4. The molecule has 0 spiro atoms. The lowest BCUT2D eigenvalue weighted by Gasteiger charge is -2.00. The Kier molecular flexibility index (Phi) is 4.78. The molecule has 4 rings (SSSR count). The molecule has 4 nitrogen and oxygen atoms in total. The third-order valence-corrected chi connectivity index (χ3v) is 6.63. The molecule has 25 heavy (non-hydrogen) atoms. The molecule has 0 aliphatic carbocycles. The first-order valence-electron chi connectivity index (χ1n) is 8.00. The SMILES string of the molecule is CCOc1ccc2nc(Sc3nc4ccc(OCC)cc4s3)sc2c1. The fraction of sp³-hybridized carbons (Fsp3) is 0.222. The molecule has 2 heterocycles. The van der Waals surface area contributed by atoms with Crippen molar-refractivity contribution in [1.82, 2.24) is 9.97 Å². The summed E-state index contributed by atoms with van der Waals surface area (Å²) in [6.45, 7) is 5.31. The smallest absolute Gasteiger partial charge is 0.158 e. The van der Waals surface area contributed by atoms with Crippen LogP contribution < -0.4 is 9.47 Å². The van der Waals surface area contributed by atoms with Crippen molar-refractivity contribution in [2.75, 3.05) is 13.2 Å². The van der Waals surface area contributed by atoms with E-state index in [9.17, 15) is 0 Å². The van der Waals surface area contributed by atoms with E-state index in [4.69, 9.17) is 19.4 Å². The van der Waals surface area contributed by atoms with E-state index in [0.29, 0.717) is 13.2 Å². The van der Waals surface area contributed by atoms with Crippen LogP contribution in [0.4, 0.5) is 0 Å². The van der Waals surface area contributed by atoms with Crippen molar-refractivity contribution < 1.29 is 9.47 Å². The van der Waals surface area contributed by atoms with E-state index < -0.39 is 0 Å². The van der Waals surface area contributed by atoms with Gasteiger partial charge in [0.15, 0.2) is 8.68 Å². The van der Waals surface area contributed by atoms with E-state index in [-0.39, 0.29) is 0 Å². The van der Waals surface area contributed by atoms with Gasteiger partial charge >= 0.3 is 0 Å². The highest BCUT2D eigenvalue weighted by molar-refractivity contribution is 8.02. The highest BCUT2D eigenvalue weighted by Crippen LogP contribution is 2.39. The first kappa shape index (κ1) is 16.6. The van der Waals surface area contributed by atoms with Gasteiger partial charge in [0.25, 0.3) is 0 Å². The molecule has 0 aliphatic rings. The molecule has 128 valence electrons. The molecule has 0 fully saturated rings. The average molecular weight is 389 g/mol. The minimum absolute atomic E-state index is 0.668. The topological polar surface area (TPSA) is 44.2 Å². The number of aromatic nitrogens is 2. The van der Waals surface area contributed by atoms with Gasteiger partial charge in [-0.1, -0.05) is 0 Å². The molecule has 0 atom stereocenters. The van der Waals surface area contributed by atoms with Crippen LogP contribution in [0.5, 0.6) is 11.5 Å². The summed E-state index contributed by atoms with van der Waals surface area (Å²) >= 11 is 4.94. The Balaban J connectivity index is 1.60. The van der Waals surface area contributed by atoms with Gasteiger partial charge in [-0.3, -0.25) is 0 Å². The van der Waals surface area contributed by atoms with Gasteiger partial charge in [0.05, 0.1) is 33.6 Å². The summed E-state index contributed by atoms with van der Waals surface area (Å²) in [4.78, 5) is 9.39. The van der Waals surface area contributed by atoms with Crippen LogP contribution in [-0.4, -0.2) is 23.2 Å². The predicted molar refractivity (Wildman–Crippen MR) is 106 cm³/mol. The summed E-state index contributed by atoms with van der Waals surface area (Å²) in [5, 5.41) is 0. The molecule has 0 saturated heterocycles. The Bertz CT molecular complexity index is 944. The molecule has 2 aromatic heterocycles. The highest BCUT2D eigenvalue weighted by atomic mass is 32.2. The van der Waals surface area contributed by atoms with Crippen LogP contribution >= 0.6 is 34.4 Å². The summed E-state index contributed by atoms with van der Waals surface area (Å²) in [5.74, 6) is 1.78. The monoisotopic (exact) mass is 388 g/mol. The molecule has 0 amide bonds. The molecule has 4 aromatic rings. The fourth-order valence-corrected chi connectivity index (χ4v) is 5.83. The van der Waals surface area contributed by atoms with Crippen LogP contribution in [0.15, 0.2) is 45.1 Å². The molecule has 0 N–H and O–H groups in total. The van der Waals surface area contributed by atoms with Gasteiger partial charge in [0.2, 0.25) is 0 Å². The van der Waals surface area contributed by atoms with Crippen molar-refractivity contribution in [3.8, 4) is 11.5 Å². The van der Waals surface area contributed by atoms with Crippen molar-refractivity contribution in [3.05, 3.63) is 36.4 Å². The number of hydrogen-bond acceptors (Lipinski definition) is 7. The molecule has 0 radical (unpaired) electrons. The second-order valence-corrected chi connectivity index (χ2v) is 8.74. The van der Waals surface area contributed by atoms with Crippen LogP contribution in [0.1, 0.15) is 13.8 Å². The van der Waals surface area contributed by atoms with Crippen LogP contribution in [0.25, 0.3) is 20.4 Å². The van der Waals surface area contributed by atoms with E-state index in [0.717, 1.165) is 40.6 Å². The molecular weight excluding hydrogens is 372 g/mol. The Hall–Kier alpha value is -1.83. The number of hydrogen-bond donors (Lipinski definition) is 0. The van der Waals surface area contributed by atoms with E-state index in [2.05, 4.69) is 0 Å². The molecular formula is C18H16N2O2S3. The van der Waals surface area contributed by atoms with Gasteiger partial charge < -0.3 is 9.47 Å². The van der Waals surface area contributed by atoms with Crippen LogP contribution in [-0.2, 0) is 0 Å². The standard InChI is InChI=1S/C18H16N2O2S3/c1-3-21-11-5-7-13-15(9-11)23-17(19-13)25-18-20-14-8-6-12(22-4-2)10-16(14)24-18/h5-10H,3-4H2,1-2H3. The van der Waals surface area contributed by atoms with Gasteiger partial charge in [-0.05, 0) is 62.0 Å². The summed E-state index contributed by atoms with van der Waals surface area (Å²) in [6.07, 6.45) is 0. The number of fused-ring (bicyclic) bond motifs is 2. The van der Waals surface area contributed by atoms with Crippen LogP contribution in [0, 0.1) is 0 Å². The van der Waals surface area contributed by atoms with Crippen LogP contribution in [0.2, 0.25) is 0 Å². The fourth-order valence-electron chi connectivity index (χ4n) is 2.44. The van der Waals surface area contributed by atoms with Gasteiger partial charge in [-0.15, -0.1) is 22.7 Å². The number of rotatable bonds is 6. The Labute approximate surface area is 157 Å². The maximum absolute atomic E-state index is 5.56. The largest absolute Gasteiger partial charge is 0.494 e. The van der Waals surface area contributed by atoms with Crippen molar-refractivity contribution >= 4 is 54.9 Å². The lowest BCUT2D eigenvalue weighted by Crippen LogP contribution is -1.89. The molecule has 0 saturated carbocycles. The van der Waals surface area contributed by atoms with E-state index in [1.165, 1.54) is 0 Å². The van der Waals surface area contributed by atoms with Gasteiger partial charge in [0, 0.05) is 0 Å². The van der Waals surface area contributed by atoms with Crippen LogP contribution in [0.3, 0.4) is 0 Å². The lowest BCUT2D eigenvalue weighted by atomic mass is 10.3. The number of ether oxygens (including phenoxy) is 2. The minimum atomic E-state index is 0.668. The number of thiazole rings is 2. The summed E-state index contributed by atoms with van der Waals surface area (Å²) in [6, 6.07) is 12.0. The van der Waals surface area contributed by atoms with Crippen molar-refractivity contribution in [3.63, 3.8) is 0 Å². The third-order valence-electron chi connectivity index (χ3n) is 3.48. The maximum Gasteiger partial charge on any atom is 0.158 e. The average Bonchev–Trinajstić information content (AvgIpc) is 3.17. The third kappa shape index (κ3) is 3.58. The zero-order chi connectivity index (χ0) is 17.2. The molecule has 7 heteroatoms. The quantitative estimate of drug-likeness (QED) is 0.414. The Morgan fingerprint density at radius 1 is 0.800 bits per heavy atom. The van der Waals surface area contributed by atoms with Crippen molar-refractivity contribution in [2.24, 2.45) is 0 Å². The normalized spacial score (nSPS) is 11.3. The predicted octanol–water partition coefficient (Wildman–Crippen LogP) is 5.85. The zero-order valence-electron chi connectivity index (χ0n) is 13.8. The van der Waals surface area contributed by atoms with E-state index in [1.54, 1.807) is 34.4 Å². The van der Waals surface area contributed by atoms with Gasteiger partial charge in [-0.25, -0.2) is 9.97 Å². The maximum atomic E-state index is 5.56. The number of nitrogens with zero attached hydrogens (tertiary/aromatic N) is 2. The first-order valence-corrected chi connectivity index (χ1v) is 10.4. The van der Waals surface area contributed by atoms with Gasteiger partial charge in [0.1, 0.15) is 11.5 Å². The highest BCUT2D eigenvalue weighted by Gasteiger charge is 2.11. The second-order valence-electron chi connectivity index (χ2n) is 5.19.